The fourth-order valence-corrected chi connectivity index (χ4v) is 1.17. The van der Waals surface area contributed by atoms with E-state index in [0.717, 1.165) is 11.0 Å². The maximum Gasteiger partial charge on any atom is 0.244 e. The SMILES string of the molecule is CC#CCNc1nnc2ccccc2n1. The molecule has 0 spiro atoms. The summed E-state index contributed by atoms with van der Waals surface area (Å²) in [5.74, 6) is 6.17. The van der Waals surface area contributed by atoms with E-state index in [1.54, 1.807) is 6.92 Å². The Balaban J connectivity index is 2.25. The number of nitrogens with one attached hydrogen (secondary N) is 1. The molecule has 0 saturated carbocycles. The van der Waals surface area contributed by atoms with Crippen LogP contribution in [0, 0.1) is 11.8 Å². The van der Waals surface area contributed by atoms with Crippen LogP contribution in [-0.4, -0.2) is 21.7 Å². The van der Waals surface area contributed by atoms with Crippen molar-refractivity contribution in [2.24, 2.45) is 0 Å². The van der Waals surface area contributed by atoms with Crippen molar-refractivity contribution in [2.45, 2.75) is 6.92 Å². The third-order valence-corrected chi connectivity index (χ3v) is 1.87. The molecule has 4 nitrogen and oxygen atoms in total. The highest BCUT2D eigenvalue weighted by atomic mass is 15.2. The van der Waals surface area contributed by atoms with E-state index in [9.17, 15) is 0 Å². The second-order valence-electron chi connectivity index (χ2n) is 2.90. The predicted molar refractivity (Wildman–Crippen MR) is 59.3 cm³/mol. The van der Waals surface area contributed by atoms with Crippen LogP contribution in [0.5, 0.6) is 0 Å². The molecule has 0 aliphatic carbocycles. The standard InChI is InChI=1S/C11H10N4/c1-2-3-8-12-11-13-9-6-4-5-7-10(9)14-15-11/h4-7H,8H2,1H3,(H,12,13,15). The van der Waals surface area contributed by atoms with Gasteiger partial charge in [0.1, 0.15) is 5.52 Å². The summed E-state index contributed by atoms with van der Waals surface area (Å²) in [6.07, 6.45) is 0. The van der Waals surface area contributed by atoms with Crippen molar-refractivity contribution in [3.05, 3.63) is 24.3 Å². The van der Waals surface area contributed by atoms with Crippen LogP contribution in [0.3, 0.4) is 0 Å². The fraction of sp³-hybridized carbons (Fsp3) is 0.182. The molecule has 74 valence electrons. The fourth-order valence-electron chi connectivity index (χ4n) is 1.17. The maximum absolute atomic E-state index is 4.29. The lowest BCUT2D eigenvalue weighted by atomic mass is 10.3. The Labute approximate surface area is 87.7 Å². The molecule has 1 N–H and O–H groups in total. The topological polar surface area (TPSA) is 50.7 Å². The first kappa shape index (κ1) is 9.41. The molecular formula is C11H10N4. The van der Waals surface area contributed by atoms with Gasteiger partial charge in [0.2, 0.25) is 5.95 Å². The first-order valence-corrected chi connectivity index (χ1v) is 4.63. The second kappa shape index (κ2) is 4.38. The van der Waals surface area contributed by atoms with Gasteiger partial charge in [-0.25, -0.2) is 4.98 Å². The molecule has 1 aromatic carbocycles. The van der Waals surface area contributed by atoms with E-state index in [1.165, 1.54) is 0 Å². The van der Waals surface area contributed by atoms with Crippen molar-refractivity contribution in [1.29, 1.82) is 0 Å². The number of nitrogens with zero attached hydrogens (tertiary/aromatic N) is 3. The van der Waals surface area contributed by atoms with E-state index < -0.39 is 0 Å². The van der Waals surface area contributed by atoms with Crippen molar-refractivity contribution < 1.29 is 0 Å². The summed E-state index contributed by atoms with van der Waals surface area (Å²) in [5, 5.41) is 11.0. The van der Waals surface area contributed by atoms with Crippen molar-refractivity contribution in [1.82, 2.24) is 15.2 Å². The number of hydrogen-bond donors (Lipinski definition) is 1. The van der Waals surface area contributed by atoms with Gasteiger partial charge in [-0.3, -0.25) is 0 Å². The smallest absolute Gasteiger partial charge is 0.244 e. The molecule has 0 amide bonds. The summed E-state index contributed by atoms with van der Waals surface area (Å²) in [6.45, 7) is 2.33. The lowest BCUT2D eigenvalue weighted by Crippen LogP contribution is -2.04. The van der Waals surface area contributed by atoms with Gasteiger partial charge in [-0.1, -0.05) is 18.1 Å². The van der Waals surface area contributed by atoms with E-state index >= 15 is 0 Å². The lowest BCUT2D eigenvalue weighted by molar-refractivity contribution is 1.01. The van der Waals surface area contributed by atoms with E-state index in [1.807, 2.05) is 24.3 Å². The van der Waals surface area contributed by atoms with Gasteiger partial charge in [0, 0.05) is 0 Å². The van der Waals surface area contributed by atoms with Gasteiger partial charge >= 0.3 is 0 Å². The first-order chi connectivity index (χ1) is 7.40. The zero-order valence-electron chi connectivity index (χ0n) is 8.36. The van der Waals surface area contributed by atoms with Crippen LogP contribution >= 0.6 is 0 Å². The molecule has 0 saturated heterocycles. The zero-order valence-corrected chi connectivity index (χ0v) is 8.36. The maximum atomic E-state index is 4.29. The minimum absolute atomic E-state index is 0.511. The van der Waals surface area contributed by atoms with Crippen LogP contribution in [0.4, 0.5) is 5.95 Å². The second-order valence-corrected chi connectivity index (χ2v) is 2.90. The van der Waals surface area contributed by atoms with Crippen LogP contribution in [0.25, 0.3) is 11.0 Å². The number of hydrogen-bond acceptors (Lipinski definition) is 4. The van der Waals surface area contributed by atoms with Gasteiger partial charge in [-0.2, -0.15) is 0 Å². The molecule has 4 heteroatoms. The van der Waals surface area contributed by atoms with Gasteiger partial charge in [-0.15, -0.1) is 16.1 Å². The van der Waals surface area contributed by atoms with Gasteiger partial charge < -0.3 is 5.32 Å². The zero-order chi connectivity index (χ0) is 10.5. The average molecular weight is 198 g/mol. The first-order valence-electron chi connectivity index (χ1n) is 4.63. The number of anilines is 1. The molecule has 0 aliphatic rings. The summed E-state index contributed by atoms with van der Waals surface area (Å²) >= 11 is 0. The molecular weight excluding hydrogens is 188 g/mol. The number of rotatable bonds is 2. The lowest BCUT2D eigenvalue weighted by Gasteiger charge is -2.00. The summed E-state index contributed by atoms with van der Waals surface area (Å²) in [4.78, 5) is 4.29. The number of para-hydroxylation sites is 1. The Morgan fingerprint density at radius 1 is 1.20 bits per heavy atom. The third kappa shape index (κ3) is 2.20. The van der Waals surface area contributed by atoms with Gasteiger partial charge in [0.25, 0.3) is 0 Å². The highest BCUT2D eigenvalue weighted by molar-refractivity contribution is 5.74. The van der Waals surface area contributed by atoms with Crippen LogP contribution in [0.15, 0.2) is 24.3 Å². The van der Waals surface area contributed by atoms with Crippen molar-refractivity contribution >= 4 is 17.0 Å². The highest BCUT2D eigenvalue weighted by Gasteiger charge is 1.98. The number of aromatic nitrogens is 3. The molecule has 2 aromatic rings. The molecule has 0 unspecified atom stereocenters. The van der Waals surface area contributed by atoms with Crippen molar-refractivity contribution in [3.8, 4) is 11.8 Å². The van der Waals surface area contributed by atoms with E-state index in [0.29, 0.717) is 12.5 Å². The van der Waals surface area contributed by atoms with Gasteiger partial charge in [0.15, 0.2) is 0 Å². The largest absolute Gasteiger partial charge is 0.342 e. The molecule has 0 aliphatic heterocycles. The molecule has 15 heavy (non-hydrogen) atoms. The highest BCUT2D eigenvalue weighted by Crippen LogP contribution is 2.08. The van der Waals surface area contributed by atoms with Crippen molar-refractivity contribution in [2.75, 3.05) is 11.9 Å². The predicted octanol–water partition coefficient (Wildman–Crippen LogP) is 1.46. The van der Waals surface area contributed by atoms with E-state index in [2.05, 4.69) is 32.3 Å². The Hall–Kier alpha value is -2.15. The van der Waals surface area contributed by atoms with Crippen LogP contribution in [-0.2, 0) is 0 Å². The van der Waals surface area contributed by atoms with Crippen LogP contribution in [0.1, 0.15) is 6.92 Å². The summed E-state index contributed by atoms with van der Waals surface area (Å²) < 4.78 is 0. The Morgan fingerprint density at radius 2 is 2.00 bits per heavy atom. The molecule has 2 rings (SSSR count). The summed E-state index contributed by atoms with van der Waals surface area (Å²) in [7, 11) is 0. The Morgan fingerprint density at radius 3 is 2.80 bits per heavy atom. The summed E-state index contributed by atoms with van der Waals surface area (Å²) in [6, 6.07) is 7.62. The molecule has 0 radical (unpaired) electrons. The van der Waals surface area contributed by atoms with E-state index in [4.69, 9.17) is 0 Å². The van der Waals surface area contributed by atoms with Gasteiger partial charge in [-0.05, 0) is 19.1 Å². The molecule has 1 heterocycles. The molecule has 1 aromatic heterocycles. The normalized spacial score (nSPS) is 9.40. The Bertz CT molecular complexity index is 525. The minimum atomic E-state index is 0.511. The summed E-state index contributed by atoms with van der Waals surface area (Å²) in [5.41, 5.74) is 1.63. The minimum Gasteiger partial charge on any atom is -0.342 e. The van der Waals surface area contributed by atoms with Crippen LogP contribution < -0.4 is 5.32 Å². The van der Waals surface area contributed by atoms with E-state index in [-0.39, 0.29) is 0 Å². The third-order valence-electron chi connectivity index (χ3n) is 1.87. The quantitative estimate of drug-likeness (QED) is 0.742. The average Bonchev–Trinajstić information content (AvgIpc) is 2.29. The van der Waals surface area contributed by atoms with Gasteiger partial charge in [0.05, 0.1) is 12.1 Å². The Kier molecular flexibility index (Phi) is 2.75. The van der Waals surface area contributed by atoms with Crippen LogP contribution in [0.2, 0.25) is 0 Å². The van der Waals surface area contributed by atoms with Crippen molar-refractivity contribution in [3.63, 3.8) is 0 Å². The number of benzene rings is 1. The molecule has 0 fully saturated rings. The molecule has 0 atom stereocenters. The monoisotopic (exact) mass is 198 g/mol. The number of fused-ring (bicyclic) bond motifs is 1. The molecule has 0 bridgehead atoms.